The van der Waals surface area contributed by atoms with E-state index in [0.717, 1.165) is 29.0 Å². The maximum Gasteiger partial charge on any atom is 0.235 e. The van der Waals surface area contributed by atoms with Crippen molar-refractivity contribution in [2.75, 3.05) is 11.1 Å². The maximum atomic E-state index is 14.4. The highest BCUT2D eigenvalue weighted by Gasteiger charge is 2.32. The summed E-state index contributed by atoms with van der Waals surface area (Å²) < 4.78 is 30.8. The molecule has 3 heterocycles. The molecule has 0 unspecified atom stereocenters. The van der Waals surface area contributed by atoms with Crippen molar-refractivity contribution in [2.24, 2.45) is 7.05 Å². The minimum atomic E-state index is -0.749. The van der Waals surface area contributed by atoms with Crippen molar-refractivity contribution in [2.45, 2.75) is 19.1 Å². The van der Waals surface area contributed by atoms with Gasteiger partial charge in [0, 0.05) is 29.9 Å². The van der Waals surface area contributed by atoms with Crippen molar-refractivity contribution in [1.82, 2.24) is 19.6 Å². The first-order chi connectivity index (χ1) is 12.9. The Morgan fingerprint density at radius 1 is 1.30 bits per heavy atom. The third-order valence-corrected chi connectivity index (χ3v) is 5.95. The van der Waals surface area contributed by atoms with Crippen LogP contribution in [-0.2, 0) is 11.8 Å². The van der Waals surface area contributed by atoms with Gasteiger partial charge in [-0.25, -0.2) is 13.5 Å². The summed E-state index contributed by atoms with van der Waals surface area (Å²) in [7, 11) is 1.86. The van der Waals surface area contributed by atoms with E-state index < -0.39 is 11.6 Å². The molecule has 0 spiro atoms. The van der Waals surface area contributed by atoms with Crippen molar-refractivity contribution in [1.29, 1.82) is 0 Å². The lowest BCUT2D eigenvalue weighted by Crippen LogP contribution is -2.16. The first kappa shape index (κ1) is 17.7. The Hall–Kier alpha value is -2.68. The number of carbonyl (C=O) groups is 1. The van der Waals surface area contributed by atoms with Crippen molar-refractivity contribution < 1.29 is 13.6 Å². The van der Waals surface area contributed by atoms with Crippen LogP contribution in [0, 0.1) is 25.5 Å². The van der Waals surface area contributed by atoms with Gasteiger partial charge in [-0.15, -0.1) is 11.8 Å². The highest BCUT2D eigenvalue weighted by Crippen LogP contribution is 2.44. The first-order valence-corrected chi connectivity index (χ1v) is 9.36. The van der Waals surface area contributed by atoms with Crippen LogP contribution in [0.15, 0.2) is 24.4 Å². The quantitative estimate of drug-likeness (QED) is 0.731. The number of amides is 1. The third-order valence-electron chi connectivity index (χ3n) is 4.70. The van der Waals surface area contributed by atoms with Crippen molar-refractivity contribution in [3.8, 4) is 5.69 Å². The van der Waals surface area contributed by atoms with E-state index in [1.54, 1.807) is 10.9 Å². The monoisotopic (exact) mass is 389 g/mol. The van der Waals surface area contributed by atoms with Gasteiger partial charge in [0.2, 0.25) is 5.91 Å². The average Bonchev–Trinajstić information content (AvgIpc) is 3.03. The molecule has 3 aromatic rings. The largest absolute Gasteiger partial charge is 0.310 e. The Labute approximate surface area is 158 Å². The van der Waals surface area contributed by atoms with E-state index in [-0.39, 0.29) is 22.6 Å². The van der Waals surface area contributed by atoms with Gasteiger partial charge in [0.25, 0.3) is 0 Å². The number of nitrogens with one attached hydrogen (secondary N) is 1. The lowest BCUT2D eigenvalue weighted by atomic mass is 10.0. The van der Waals surface area contributed by atoms with Crippen molar-refractivity contribution in [3.63, 3.8) is 0 Å². The molecule has 6 nitrogen and oxygen atoms in total. The van der Waals surface area contributed by atoms with E-state index >= 15 is 0 Å². The molecule has 4 rings (SSSR count). The van der Waals surface area contributed by atoms with Gasteiger partial charge in [-0.05, 0) is 26.0 Å². The lowest BCUT2D eigenvalue weighted by Gasteiger charge is -2.15. The van der Waals surface area contributed by atoms with Gasteiger partial charge < -0.3 is 5.32 Å². The Balaban J connectivity index is 1.93. The number of hydrogen-bond donors (Lipinski definition) is 1. The van der Waals surface area contributed by atoms with Gasteiger partial charge in [0.1, 0.15) is 17.3 Å². The van der Waals surface area contributed by atoms with Gasteiger partial charge in [0.05, 0.1) is 22.9 Å². The summed E-state index contributed by atoms with van der Waals surface area (Å²) in [5.41, 5.74) is 3.49. The molecular formula is C18H17F2N5OS. The van der Waals surface area contributed by atoms with E-state index in [9.17, 15) is 13.6 Å². The molecule has 0 radical (unpaired) electrons. The summed E-state index contributed by atoms with van der Waals surface area (Å²) in [4.78, 5) is 12.3. The zero-order chi connectivity index (χ0) is 19.3. The summed E-state index contributed by atoms with van der Waals surface area (Å²) in [6.45, 7) is 3.77. The molecule has 0 fully saturated rings. The molecule has 0 saturated heterocycles. The SMILES string of the molecule is Cc1nn(-c2ccc(F)cc2F)c2c1[C@H](c1cnn(C)c1C)SCC(=O)N2. The first-order valence-electron chi connectivity index (χ1n) is 8.31. The predicted molar refractivity (Wildman–Crippen MR) is 99.1 cm³/mol. The molecule has 1 aliphatic heterocycles. The summed E-state index contributed by atoms with van der Waals surface area (Å²) >= 11 is 1.47. The fourth-order valence-electron chi connectivity index (χ4n) is 3.23. The second-order valence-electron chi connectivity index (χ2n) is 6.40. The number of hydrogen-bond acceptors (Lipinski definition) is 4. The van der Waals surface area contributed by atoms with Crippen molar-refractivity contribution >= 4 is 23.5 Å². The van der Waals surface area contributed by atoms with E-state index in [0.29, 0.717) is 11.5 Å². The number of carbonyl (C=O) groups excluding carboxylic acids is 1. The number of thioether (sulfide) groups is 1. The molecule has 1 N–H and O–H groups in total. The molecule has 1 aromatic carbocycles. The Morgan fingerprint density at radius 2 is 2.07 bits per heavy atom. The van der Waals surface area contributed by atoms with Crippen LogP contribution in [-0.4, -0.2) is 31.2 Å². The summed E-state index contributed by atoms with van der Waals surface area (Å²) in [6.07, 6.45) is 1.78. The minimum absolute atomic E-state index is 0.0783. The predicted octanol–water partition coefficient (Wildman–Crippen LogP) is 3.28. The standard InChI is InChI=1S/C18H17F2N5OS/c1-9-16-17(12-7-21-24(3)10(12)2)27-8-15(26)22-18(16)25(23-9)14-5-4-11(19)6-13(14)20/h4-7,17H,8H2,1-3H3,(H,22,26)/t17-/m0/s1. The number of benzene rings is 1. The fraction of sp³-hybridized carbons (Fsp3) is 0.278. The van der Waals surface area contributed by atoms with Gasteiger partial charge in [-0.1, -0.05) is 0 Å². The highest BCUT2D eigenvalue weighted by atomic mass is 32.2. The number of halogens is 2. The minimum Gasteiger partial charge on any atom is -0.310 e. The molecular weight excluding hydrogens is 372 g/mol. The van der Waals surface area contributed by atoms with E-state index in [1.807, 2.05) is 20.9 Å². The molecule has 2 aromatic heterocycles. The zero-order valence-corrected chi connectivity index (χ0v) is 15.8. The highest BCUT2D eigenvalue weighted by molar-refractivity contribution is 8.00. The third kappa shape index (κ3) is 2.91. The molecule has 1 amide bonds. The number of aryl methyl sites for hydroxylation is 2. The fourth-order valence-corrected chi connectivity index (χ4v) is 4.48. The topological polar surface area (TPSA) is 64.7 Å². The average molecular weight is 389 g/mol. The van der Waals surface area contributed by atoms with Gasteiger partial charge >= 0.3 is 0 Å². The number of rotatable bonds is 2. The van der Waals surface area contributed by atoms with Crippen LogP contribution in [0.4, 0.5) is 14.6 Å². The lowest BCUT2D eigenvalue weighted by molar-refractivity contribution is -0.113. The van der Waals surface area contributed by atoms with Crippen LogP contribution in [0.25, 0.3) is 5.69 Å². The normalized spacial score (nSPS) is 16.8. The number of nitrogens with zero attached hydrogens (tertiary/aromatic N) is 4. The second kappa shape index (κ2) is 6.49. The van der Waals surface area contributed by atoms with E-state index in [2.05, 4.69) is 15.5 Å². The summed E-state index contributed by atoms with van der Waals surface area (Å²) in [5.74, 6) is -0.968. The van der Waals surface area contributed by atoms with E-state index in [1.165, 1.54) is 22.5 Å². The molecule has 0 saturated carbocycles. The van der Waals surface area contributed by atoms with Crippen LogP contribution < -0.4 is 5.32 Å². The molecule has 0 bridgehead atoms. The Morgan fingerprint density at radius 3 is 2.74 bits per heavy atom. The van der Waals surface area contributed by atoms with Gasteiger partial charge in [-0.3, -0.25) is 9.48 Å². The summed E-state index contributed by atoms with van der Waals surface area (Å²) in [5, 5.41) is 11.4. The van der Waals surface area contributed by atoms with E-state index in [4.69, 9.17) is 0 Å². The number of anilines is 1. The maximum absolute atomic E-state index is 14.4. The molecule has 27 heavy (non-hydrogen) atoms. The Kier molecular flexibility index (Phi) is 4.26. The summed E-state index contributed by atoms with van der Waals surface area (Å²) in [6, 6.07) is 3.28. The smallest absolute Gasteiger partial charge is 0.235 e. The number of fused-ring (bicyclic) bond motifs is 1. The van der Waals surface area contributed by atoms with Crippen LogP contribution >= 0.6 is 11.8 Å². The Bertz CT molecular complexity index is 1060. The van der Waals surface area contributed by atoms with Crippen LogP contribution in [0.1, 0.15) is 27.8 Å². The van der Waals surface area contributed by atoms with Crippen molar-refractivity contribution in [3.05, 3.63) is 58.5 Å². The van der Waals surface area contributed by atoms with Crippen LogP contribution in [0.3, 0.4) is 0 Å². The molecule has 1 aliphatic rings. The van der Waals surface area contributed by atoms with Crippen LogP contribution in [0.2, 0.25) is 0 Å². The van der Waals surface area contributed by atoms with Gasteiger partial charge in [-0.2, -0.15) is 10.2 Å². The molecule has 0 aliphatic carbocycles. The molecule has 140 valence electrons. The van der Waals surface area contributed by atoms with Crippen LogP contribution in [0.5, 0.6) is 0 Å². The number of aromatic nitrogens is 4. The second-order valence-corrected chi connectivity index (χ2v) is 7.50. The zero-order valence-electron chi connectivity index (χ0n) is 15.0. The molecule has 1 atom stereocenters. The molecule has 9 heteroatoms. The van der Waals surface area contributed by atoms with Gasteiger partial charge in [0.15, 0.2) is 5.82 Å².